The van der Waals surface area contributed by atoms with E-state index in [-0.39, 0.29) is 12.0 Å². The van der Waals surface area contributed by atoms with E-state index in [2.05, 4.69) is 13.0 Å². The molecule has 0 bridgehead atoms. The number of nitrogens with zero attached hydrogens (tertiary/aromatic N) is 1. The Balaban J connectivity index is 2.16. The molecule has 0 heterocycles. The number of benzene rings is 1. The van der Waals surface area contributed by atoms with Crippen molar-refractivity contribution in [3.63, 3.8) is 0 Å². The number of hydrogen-bond donors (Lipinski definition) is 0. The van der Waals surface area contributed by atoms with Crippen LogP contribution in [0.3, 0.4) is 0 Å². The monoisotopic (exact) mass is 289 g/mol. The van der Waals surface area contributed by atoms with Crippen LogP contribution >= 0.6 is 0 Å². The lowest BCUT2D eigenvalue weighted by Crippen LogP contribution is -2.33. The number of hydrogen-bond acceptors (Lipinski definition) is 4. The van der Waals surface area contributed by atoms with E-state index in [1.165, 1.54) is 0 Å². The predicted octanol–water partition coefficient (Wildman–Crippen LogP) is 3.80. The zero-order valence-electron chi connectivity index (χ0n) is 13.0. The van der Waals surface area contributed by atoms with Crippen LogP contribution < -0.4 is 14.2 Å². The maximum absolute atomic E-state index is 9.32. The third-order valence-corrected chi connectivity index (χ3v) is 4.26. The molecule has 1 fully saturated rings. The van der Waals surface area contributed by atoms with Gasteiger partial charge in [0.25, 0.3) is 0 Å². The van der Waals surface area contributed by atoms with Crippen molar-refractivity contribution in [2.45, 2.75) is 38.7 Å². The van der Waals surface area contributed by atoms with Gasteiger partial charge in [-0.1, -0.05) is 13.3 Å². The average Bonchev–Trinajstić information content (AvgIpc) is 2.54. The van der Waals surface area contributed by atoms with Crippen LogP contribution in [-0.2, 0) is 0 Å². The fourth-order valence-electron chi connectivity index (χ4n) is 2.88. The summed E-state index contributed by atoms with van der Waals surface area (Å²) in [4.78, 5) is 0. The first-order valence-corrected chi connectivity index (χ1v) is 7.49. The van der Waals surface area contributed by atoms with Crippen molar-refractivity contribution in [3.8, 4) is 23.3 Å². The highest BCUT2D eigenvalue weighted by molar-refractivity contribution is 5.42. The predicted molar refractivity (Wildman–Crippen MR) is 80.7 cm³/mol. The van der Waals surface area contributed by atoms with Crippen LogP contribution in [0.1, 0.15) is 32.6 Å². The highest BCUT2D eigenvalue weighted by Crippen LogP contribution is 2.35. The molecule has 1 aromatic rings. The minimum absolute atomic E-state index is 0.0370. The molecule has 1 aromatic carbocycles. The molecule has 0 amide bonds. The van der Waals surface area contributed by atoms with Crippen molar-refractivity contribution >= 4 is 0 Å². The number of ether oxygens (including phenoxy) is 3. The average molecular weight is 289 g/mol. The smallest absolute Gasteiger partial charge is 0.127 e. The Kier molecular flexibility index (Phi) is 5.32. The van der Waals surface area contributed by atoms with E-state index in [1.807, 2.05) is 18.2 Å². The van der Waals surface area contributed by atoms with Gasteiger partial charge in [-0.15, -0.1) is 0 Å². The highest BCUT2D eigenvalue weighted by Gasteiger charge is 2.31. The van der Waals surface area contributed by atoms with Gasteiger partial charge in [-0.3, -0.25) is 0 Å². The largest absolute Gasteiger partial charge is 0.496 e. The van der Waals surface area contributed by atoms with E-state index in [1.54, 1.807) is 14.2 Å². The molecule has 0 N–H and O–H groups in total. The topological polar surface area (TPSA) is 51.5 Å². The maximum Gasteiger partial charge on any atom is 0.127 e. The van der Waals surface area contributed by atoms with E-state index >= 15 is 0 Å². The third-order valence-electron chi connectivity index (χ3n) is 4.26. The van der Waals surface area contributed by atoms with Crippen LogP contribution in [0.15, 0.2) is 18.2 Å². The molecule has 4 heteroatoms. The maximum atomic E-state index is 9.32. The fourth-order valence-corrected chi connectivity index (χ4v) is 2.88. The number of rotatable bonds is 5. The molecule has 0 aromatic heterocycles. The molecule has 0 saturated heterocycles. The molecule has 3 unspecified atom stereocenters. The standard InChI is InChI=1S/C17H23NO3/c1-4-12-5-6-13(11-18)17(7-12)21-16-9-14(19-2)8-15(10-16)20-3/h8-10,12-13,17H,4-7H2,1-3H3. The molecule has 1 saturated carbocycles. The normalized spacial score (nSPS) is 25.0. The second kappa shape index (κ2) is 7.21. The summed E-state index contributed by atoms with van der Waals surface area (Å²) in [6.45, 7) is 2.20. The molecule has 1 aliphatic rings. The minimum atomic E-state index is -0.0505. The Bertz CT molecular complexity index is 487. The molecule has 0 aliphatic heterocycles. The van der Waals surface area contributed by atoms with E-state index in [0.717, 1.165) is 25.7 Å². The van der Waals surface area contributed by atoms with Gasteiger partial charge in [-0.2, -0.15) is 5.26 Å². The van der Waals surface area contributed by atoms with Gasteiger partial charge in [-0.05, 0) is 25.2 Å². The van der Waals surface area contributed by atoms with Gasteiger partial charge in [0.15, 0.2) is 0 Å². The summed E-state index contributed by atoms with van der Waals surface area (Å²) in [7, 11) is 3.23. The zero-order chi connectivity index (χ0) is 15.2. The molecule has 3 atom stereocenters. The summed E-state index contributed by atoms with van der Waals surface area (Å²) < 4.78 is 16.6. The summed E-state index contributed by atoms with van der Waals surface area (Å²) in [5, 5.41) is 9.32. The lowest BCUT2D eigenvalue weighted by molar-refractivity contribution is 0.0888. The zero-order valence-corrected chi connectivity index (χ0v) is 13.0. The van der Waals surface area contributed by atoms with E-state index in [0.29, 0.717) is 23.2 Å². The van der Waals surface area contributed by atoms with Crippen molar-refractivity contribution in [1.82, 2.24) is 0 Å². The van der Waals surface area contributed by atoms with Gasteiger partial charge in [0, 0.05) is 18.2 Å². The lowest BCUT2D eigenvalue weighted by atomic mass is 9.79. The molecule has 2 rings (SSSR count). The van der Waals surface area contributed by atoms with Crippen molar-refractivity contribution in [2.75, 3.05) is 14.2 Å². The summed E-state index contributed by atoms with van der Waals surface area (Å²) in [6, 6.07) is 7.88. The van der Waals surface area contributed by atoms with Gasteiger partial charge >= 0.3 is 0 Å². The third kappa shape index (κ3) is 3.81. The van der Waals surface area contributed by atoms with E-state index < -0.39 is 0 Å². The summed E-state index contributed by atoms with van der Waals surface area (Å²) in [5.74, 6) is 2.70. The van der Waals surface area contributed by atoms with Gasteiger partial charge in [0.05, 0.1) is 26.2 Å². The van der Waals surface area contributed by atoms with Crippen molar-refractivity contribution in [1.29, 1.82) is 5.26 Å². The van der Waals surface area contributed by atoms with Gasteiger partial charge < -0.3 is 14.2 Å². The molecule has 0 spiro atoms. The summed E-state index contributed by atoms with van der Waals surface area (Å²) >= 11 is 0. The molecule has 114 valence electrons. The Hall–Kier alpha value is -1.89. The number of methoxy groups -OCH3 is 2. The van der Waals surface area contributed by atoms with Crippen LogP contribution in [0.5, 0.6) is 17.2 Å². The molecule has 21 heavy (non-hydrogen) atoms. The van der Waals surface area contributed by atoms with Gasteiger partial charge in [0.2, 0.25) is 0 Å². The Morgan fingerprint density at radius 1 is 1.10 bits per heavy atom. The van der Waals surface area contributed by atoms with Gasteiger partial charge in [-0.25, -0.2) is 0 Å². The first kappa shape index (κ1) is 15.5. The van der Waals surface area contributed by atoms with Gasteiger partial charge in [0.1, 0.15) is 23.4 Å². The van der Waals surface area contributed by atoms with Crippen molar-refractivity contribution in [3.05, 3.63) is 18.2 Å². The van der Waals surface area contributed by atoms with Crippen LogP contribution in [0.2, 0.25) is 0 Å². The fraction of sp³-hybridized carbons (Fsp3) is 0.588. The van der Waals surface area contributed by atoms with Crippen LogP contribution in [0.25, 0.3) is 0 Å². The Morgan fingerprint density at radius 2 is 1.71 bits per heavy atom. The molecule has 4 nitrogen and oxygen atoms in total. The minimum Gasteiger partial charge on any atom is -0.496 e. The lowest BCUT2D eigenvalue weighted by Gasteiger charge is -2.32. The van der Waals surface area contributed by atoms with Crippen LogP contribution in [0, 0.1) is 23.2 Å². The molecular weight excluding hydrogens is 266 g/mol. The van der Waals surface area contributed by atoms with Crippen molar-refractivity contribution in [2.24, 2.45) is 11.8 Å². The summed E-state index contributed by atoms with van der Waals surface area (Å²) in [5.41, 5.74) is 0. The Labute approximate surface area is 126 Å². The molecular formula is C17H23NO3. The highest BCUT2D eigenvalue weighted by atomic mass is 16.5. The summed E-state index contributed by atoms with van der Waals surface area (Å²) in [6.07, 6.45) is 4.07. The molecule has 0 radical (unpaired) electrons. The first-order chi connectivity index (χ1) is 10.2. The first-order valence-electron chi connectivity index (χ1n) is 7.49. The SMILES string of the molecule is CCC1CCC(C#N)C(Oc2cc(OC)cc(OC)c2)C1. The van der Waals surface area contributed by atoms with Crippen molar-refractivity contribution < 1.29 is 14.2 Å². The van der Waals surface area contributed by atoms with Crippen LogP contribution in [-0.4, -0.2) is 20.3 Å². The number of nitriles is 1. The molecule has 1 aliphatic carbocycles. The second-order valence-corrected chi connectivity index (χ2v) is 5.53. The van der Waals surface area contributed by atoms with E-state index in [9.17, 15) is 5.26 Å². The second-order valence-electron chi connectivity index (χ2n) is 5.53. The Morgan fingerprint density at radius 3 is 2.24 bits per heavy atom. The van der Waals surface area contributed by atoms with E-state index in [4.69, 9.17) is 14.2 Å². The van der Waals surface area contributed by atoms with Crippen LogP contribution in [0.4, 0.5) is 0 Å². The quantitative estimate of drug-likeness (QED) is 0.827.